The number of carbonyl (C=O) groups is 2. The average molecular weight is 382 g/mol. The van der Waals surface area contributed by atoms with Crippen molar-refractivity contribution in [2.24, 2.45) is 0 Å². The van der Waals surface area contributed by atoms with E-state index in [4.69, 9.17) is 0 Å². The van der Waals surface area contributed by atoms with Gasteiger partial charge in [-0.05, 0) is 24.6 Å². The first kappa shape index (κ1) is 19.8. The molecule has 2 rings (SSSR count). The fourth-order valence-corrected chi connectivity index (χ4v) is 2.81. The summed E-state index contributed by atoms with van der Waals surface area (Å²) >= 11 is 1.39. The smallest absolute Gasteiger partial charge is 0.243 e. The number of hydrogen-bond acceptors (Lipinski definition) is 3. The molecule has 2 aromatic rings. The van der Waals surface area contributed by atoms with Crippen LogP contribution < -0.4 is 10.6 Å². The summed E-state index contributed by atoms with van der Waals surface area (Å²) in [4.78, 5) is 23.4. The van der Waals surface area contributed by atoms with Crippen LogP contribution in [-0.2, 0) is 15.3 Å². The van der Waals surface area contributed by atoms with E-state index >= 15 is 0 Å². The lowest BCUT2D eigenvalue weighted by Gasteiger charge is -2.08. The highest BCUT2D eigenvalue weighted by atomic mass is 32.2. The molecule has 0 spiro atoms. The van der Waals surface area contributed by atoms with E-state index in [1.54, 1.807) is 0 Å². The minimum Gasteiger partial charge on any atom is -0.346 e. The number of aryl methyl sites for hydroxylation is 1. The van der Waals surface area contributed by atoms with Crippen molar-refractivity contribution in [3.05, 3.63) is 65.0 Å². The molecule has 0 aliphatic carbocycles. The lowest BCUT2D eigenvalue weighted by molar-refractivity contribution is -0.122. The zero-order valence-electron chi connectivity index (χ0n) is 13.9. The van der Waals surface area contributed by atoms with Gasteiger partial charge in [-0.3, -0.25) is 9.59 Å². The van der Waals surface area contributed by atoms with Crippen LogP contribution in [0.3, 0.4) is 0 Å². The van der Waals surface area contributed by atoms with Crippen molar-refractivity contribution >= 4 is 29.3 Å². The van der Waals surface area contributed by atoms with Crippen LogP contribution >= 0.6 is 11.8 Å². The predicted molar refractivity (Wildman–Crippen MR) is 95.3 cm³/mol. The first-order chi connectivity index (χ1) is 12.4. The van der Waals surface area contributed by atoms with Crippen LogP contribution in [-0.4, -0.2) is 24.1 Å². The van der Waals surface area contributed by atoms with Gasteiger partial charge in [-0.1, -0.05) is 29.8 Å². The summed E-state index contributed by atoms with van der Waals surface area (Å²) in [6.45, 7) is 1.59. The van der Waals surface area contributed by atoms with Gasteiger partial charge < -0.3 is 10.6 Å². The third-order valence-corrected chi connectivity index (χ3v) is 4.38. The van der Waals surface area contributed by atoms with E-state index in [1.807, 2.05) is 31.2 Å². The third-order valence-electron chi connectivity index (χ3n) is 3.38. The first-order valence-electron chi connectivity index (χ1n) is 7.70. The second kappa shape index (κ2) is 9.28. The number of carbonyl (C=O) groups excluding carboxylic acids is 2. The van der Waals surface area contributed by atoms with Crippen LogP contribution in [0.25, 0.3) is 0 Å². The third kappa shape index (κ3) is 5.80. The van der Waals surface area contributed by atoms with Crippen molar-refractivity contribution in [1.29, 1.82) is 0 Å². The van der Waals surface area contributed by atoms with Gasteiger partial charge in [-0.15, -0.1) is 11.8 Å². The summed E-state index contributed by atoms with van der Waals surface area (Å²) in [6, 6.07) is 9.53. The highest BCUT2D eigenvalue weighted by Gasteiger charge is 2.15. The number of nitrogens with one attached hydrogen (secondary N) is 2. The number of amides is 2. The van der Waals surface area contributed by atoms with Crippen LogP contribution in [0, 0.1) is 24.4 Å². The molecule has 4 nitrogen and oxygen atoms in total. The van der Waals surface area contributed by atoms with E-state index in [2.05, 4.69) is 10.6 Å². The standard InChI is InChI=1S/C18H17F3N2O2S/c1-11-2-4-12(5-3-11)9-26-10-16(25)22-8-15(24)23-14-7-6-13(19)17(20)18(14)21/h2-7H,8-10H2,1H3,(H,22,25)(H,23,24). The van der Waals surface area contributed by atoms with E-state index in [9.17, 15) is 22.8 Å². The lowest BCUT2D eigenvalue weighted by atomic mass is 10.2. The number of rotatable bonds is 7. The molecule has 0 saturated carbocycles. The fraction of sp³-hybridized carbons (Fsp3) is 0.222. The maximum atomic E-state index is 13.5. The molecule has 0 aliphatic heterocycles. The SMILES string of the molecule is Cc1ccc(CSCC(=O)NCC(=O)Nc2ccc(F)c(F)c2F)cc1. The van der Waals surface area contributed by atoms with Crippen LogP contribution in [0.15, 0.2) is 36.4 Å². The van der Waals surface area contributed by atoms with Crippen molar-refractivity contribution in [2.75, 3.05) is 17.6 Å². The maximum Gasteiger partial charge on any atom is 0.243 e. The average Bonchev–Trinajstić information content (AvgIpc) is 2.62. The second-order valence-electron chi connectivity index (χ2n) is 5.53. The molecule has 0 atom stereocenters. The molecule has 2 aromatic carbocycles. The summed E-state index contributed by atoms with van der Waals surface area (Å²) in [5, 5.41) is 4.46. The van der Waals surface area contributed by atoms with Gasteiger partial charge in [-0.2, -0.15) is 0 Å². The van der Waals surface area contributed by atoms with Gasteiger partial charge >= 0.3 is 0 Å². The molecule has 0 aliphatic rings. The van der Waals surface area contributed by atoms with Gasteiger partial charge in [0.15, 0.2) is 17.5 Å². The Kier molecular flexibility index (Phi) is 7.08. The predicted octanol–water partition coefficient (Wildman–Crippen LogP) is 3.40. The van der Waals surface area contributed by atoms with Crippen molar-refractivity contribution in [3.63, 3.8) is 0 Å². The summed E-state index contributed by atoms with van der Waals surface area (Å²) in [7, 11) is 0. The molecule has 2 N–H and O–H groups in total. The second-order valence-corrected chi connectivity index (χ2v) is 6.51. The molecular formula is C18H17F3N2O2S. The van der Waals surface area contributed by atoms with E-state index in [1.165, 1.54) is 11.8 Å². The van der Waals surface area contributed by atoms with Gasteiger partial charge in [0.2, 0.25) is 11.8 Å². The highest BCUT2D eigenvalue weighted by Crippen LogP contribution is 2.19. The Morgan fingerprint density at radius 2 is 1.65 bits per heavy atom. The van der Waals surface area contributed by atoms with Crippen molar-refractivity contribution in [2.45, 2.75) is 12.7 Å². The Morgan fingerprint density at radius 3 is 2.35 bits per heavy atom. The van der Waals surface area contributed by atoms with Crippen molar-refractivity contribution in [1.82, 2.24) is 5.32 Å². The number of thioether (sulfide) groups is 1. The van der Waals surface area contributed by atoms with Gasteiger partial charge in [0.25, 0.3) is 0 Å². The summed E-state index contributed by atoms with van der Waals surface area (Å²) < 4.78 is 39.4. The van der Waals surface area contributed by atoms with E-state index in [-0.39, 0.29) is 11.7 Å². The molecule has 8 heteroatoms. The Hall–Kier alpha value is -2.48. The lowest BCUT2D eigenvalue weighted by Crippen LogP contribution is -2.34. The number of hydrogen-bond donors (Lipinski definition) is 2. The molecule has 138 valence electrons. The molecule has 0 bridgehead atoms. The Morgan fingerprint density at radius 1 is 0.962 bits per heavy atom. The summed E-state index contributed by atoms with van der Waals surface area (Å²) in [5.41, 5.74) is 1.75. The van der Waals surface area contributed by atoms with Gasteiger partial charge in [0, 0.05) is 5.75 Å². The number of benzene rings is 2. The summed E-state index contributed by atoms with van der Waals surface area (Å²) in [6.07, 6.45) is 0. The minimum atomic E-state index is -1.67. The van der Waals surface area contributed by atoms with Crippen molar-refractivity contribution < 1.29 is 22.8 Å². The largest absolute Gasteiger partial charge is 0.346 e. The van der Waals surface area contributed by atoms with Crippen LogP contribution in [0.5, 0.6) is 0 Å². The molecule has 2 amide bonds. The maximum absolute atomic E-state index is 13.5. The van der Waals surface area contributed by atoms with Crippen molar-refractivity contribution in [3.8, 4) is 0 Å². The normalized spacial score (nSPS) is 10.5. The van der Waals surface area contributed by atoms with Crippen LogP contribution in [0.4, 0.5) is 18.9 Å². The van der Waals surface area contributed by atoms with E-state index < -0.39 is 35.6 Å². The molecule has 0 fully saturated rings. The quantitative estimate of drug-likeness (QED) is 0.722. The van der Waals surface area contributed by atoms with Crippen LogP contribution in [0.1, 0.15) is 11.1 Å². The zero-order chi connectivity index (χ0) is 19.1. The number of anilines is 1. The molecule has 26 heavy (non-hydrogen) atoms. The van der Waals surface area contributed by atoms with Gasteiger partial charge in [-0.25, -0.2) is 13.2 Å². The molecular weight excluding hydrogens is 365 g/mol. The zero-order valence-corrected chi connectivity index (χ0v) is 14.8. The molecule has 0 radical (unpaired) electrons. The molecule has 0 unspecified atom stereocenters. The Balaban J connectivity index is 1.72. The molecule has 0 heterocycles. The highest BCUT2D eigenvalue weighted by molar-refractivity contribution is 7.99. The Labute approximate surface area is 153 Å². The molecule has 0 saturated heterocycles. The van der Waals surface area contributed by atoms with E-state index in [0.29, 0.717) is 11.8 Å². The van der Waals surface area contributed by atoms with E-state index in [0.717, 1.165) is 17.2 Å². The van der Waals surface area contributed by atoms with Crippen LogP contribution in [0.2, 0.25) is 0 Å². The Bertz CT molecular complexity index is 798. The topological polar surface area (TPSA) is 58.2 Å². The monoisotopic (exact) mass is 382 g/mol. The van der Waals surface area contributed by atoms with Gasteiger partial charge in [0.05, 0.1) is 18.0 Å². The molecule has 0 aromatic heterocycles. The van der Waals surface area contributed by atoms with Gasteiger partial charge in [0.1, 0.15) is 0 Å². The first-order valence-corrected chi connectivity index (χ1v) is 8.85. The fourth-order valence-electron chi connectivity index (χ4n) is 1.99. The summed E-state index contributed by atoms with van der Waals surface area (Å²) in [5.74, 6) is -4.80. The number of halogens is 3. The minimum absolute atomic E-state index is 0.153.